The van der Waals surface area contributed by atoms with E-state index >= 15 is 0 Å². The Morgan fingerprint density at radius 1 is 1.38 bits per heavy atom. The number of nitrogens with one attached hydrogen (secondary N) is 2. The average Bonchev–Trinajstić information content (AvgIpc) is 2.72. The van der Waals surface area contributed by atoms with Gasteiger partial charge >= 0.3 is 0 Å². The molecule has 0 aromatic carbocycles. The lowest BCUT2D eigenvalue weighted by molar-refractivity contribution is 0.732. The summed E-state index contributed by atoms with van der Waals surface area (Å²) >= 11 is 0. The molecule has 1 aromatic rings. The molecule has 1 aromatic heterocycles. The Morgan fingerprint density at radius 2 is 2.19 bits per heavy atom. The standard InChI is InChI=1S/C13H17N3/c1-4-13-11(8-9-16(13)5-2)12-7-6-10(3)14-15-12/h4,6-9,14-15H,1,5H2,2-3H3. The van der Waals surface area contributed by atoms with E-state index in [0.29, 0.717) is 0 Å². The molecule has 0 spiro atoms. The summed E-state index contributed by atoms with van der Waals surface area (Å²) in [5.41, 5.74) is 10.8. The molecule has 0 aliphatic carbocycles. The van der Waals surface area contributed by atoms with E-state index in [9.17, 15) is 0 Å². The van der Waals surface area contributed by atoms with Crippen molar-refractivity contribution >= 4 is 11.8 Å². The molecule has 1 aliphatic rings. The maximum Gasteiger partial charge on any atom is 0.0634 e. The molecule has 0 bridgehead atoms. The van der Waals surface area contributed by atoms with Crippen LogP contribution in [0, 0.1) is 0 Å². The van der Waals surface area contributed by atoms with Gasteiger partial charge in [0.1, 0.15) is 0 Å². The van der Waals surface area contributed by atoms with Gasteiger partial charge in [-0.3, -0.25) is 0 Å². The maximum absolute atomic E-state index is 3.87. The van der Waals surface area contributed by atoms with Gasteiger partial charge < -0.3 is 15.4 Å². The fourth-order valence-electron chi connectivity index (χ4n) is 1.83. The lowest BCUT2D eigenvalue weighted by Gasteiger charge is -2.17. The van der Waals surface area contributed by atoms with E-state index in [0.717, 1.165) is 23.6 Å². The molecule has 2 heterocycles. The van der Waals surface area contributed by atoms with Gasteiger partial charge in [-0.05, 0) is 38.1 Å². The first-order valence-electron chi connectivity index (χ1n) is 5.48. The second kappa shape index (κ2) is 4.31. The Hall–Kier alpha value is -1.90. The Morgan fingerprint density at radius 3 is 2.75 bits per heavy atom. The molecular weight excluding hydrogens is 198 g/mol. The van der Waals surface area contributed by atoms with Crippen LogP contribution in [0.2, 0.25) is 0 Å². The summed E-state index contributed by atoms with van der Waals surface area (Å²) in [4.78, 5) is 0. The first kappa shape index (κ1) is 10.6. The van der Waals surface area contributed by atoms with E-state index in [-0.39, 0.29) is 0 Å². The van der Waals surface area contributed by atoms with Gasteiger partial charge in [-0.1, -0.05) is 6.58 Å². The van der Waals surface area contributed by atoms with Crippen molar-refractivity contribution < 1.29 is 0 Å². The van der Waals surface area contributed by atoms with Gasteiger partial charge in [0, 0.05) is 29.7 Å². The van der Waals surface area contributed by atoms with E-state index in [1.807, 2.05) is 13.0 Å². The van der Waals surface area contributed by atoms with Gasteiger partial charge in [0.25, 0.3) is 0 Å². The van der Waals surface area contributed by atoms with Crippen molar-refractivity contribution in [2.24, 2.45) is 0 Å². The van der Waals surface area contributed by atoms with Crippen LogP contribution in [0.15, 0.2) is 36.7 Å². The van der Waals surface area contributed by atoms with Crippen molar-refractivity contribution in [2.75, 3.05) is 0 Å². The second-order valence-corrected chi connectivity index (χ2v) is 3.78. The zero-order valence-electron chi connectivity index (χ0n) is 9.75. The fourth-order valence-corrected chi connectivity index (χ4v) is 1.83. The summed E-state index contributed by atoms with van der Waals surface area (Å²) in [7, 11) is 0. The maximum atomic E-state index is 3.87. The van der Waals surface area contributed by atoms with Gasteiger partial charge in [-0.25, -0.2) is 0 Å². The molecule has 0 amide bonds. The van der Waals surface area contributed by atoms with Crippen LogP contribution < -0.4 is 10.9 Å². The Labute approximate surface area is 96.1 Å². The highest BCUT2D eigenvalue weighted by atomic mass is 15.4. The summed E-state index contributed by atoms with van der Waals surface area (Å²) in [5, 5.41) is 0. The third kappa shape index (κ3) is 1.76. The number of hydrogen-bond donors (Lipinski definition) is 2. The average molecular weight is 215 g/mol. The van der Waals surface area contributed by atoms with Crippen molar-refractivity contribution in [1.82, 2.24) is 15.4 Å². The molecule has 3 heteroatoms. The molecule has 0 radical (unpaired) electrons. The third-order valence-electron chi connectivity index (χ3n) is 2.73. The Bertz CT molecular complexity index is 464. The highest BCUT2D eigenvalue weighted by Gasteiger charge is 2.11. The summed E-state index contributed by atoms with van der Waals surface area (Å²) in [5.74, 6) is 0. The van der Waals surface area contributed by atoms with Gasteiger partial charge in [0.05, 0.1) is 5.70 Å². The molecule has 84 valence electrons. The lowest BCUT2D eigenvalue weighted by Crippen LogP contribution is -2.30. The van der Waals surface area contributed by atoms with Gasteiger partial charge in [0.15, 0.2) is 0 Å². The van der Waals surface area contributed by atoms with Crippen LogP contribution in [0.4, 0.5) is 0 Å². The van der Waals surface area contributed by atoms with Crippen LogP contribution in [0.1, 0.15) is 25.1 Å². The van der Waals surface area contributed by atoms with E-state index in [1.54, 1.807) is 0 Å². The van der Waals surface area contributed by atoms with Crippen LogP contribution in [0.25, 0.3) is 11.8 Å². The number of nitrogens with zero attached hydrogens (tertiary/aromatic N) is 1. The Balaban J connectivity index is 2.41. The molecular formula is C13H17N3. The van der Waals surface area contributed by atoms with E-state index in [4.69, 9.17) is 0 Å². The van der Waals surface area contributed by atoms with Crippen molar-refractivity contribution in [1.29, 1.82) is 0 Å². The van der Waals surface area contributed by atoms with Crippen LogP contribution in [-0.2, 0) is 6.54 Å². The van der Waals surface area contributed by atoms with Crippen LogP contribution in [0.5, 0.6) is 0 Å². The van der Waals surface area contributed by atoms with Crippen LogP contribution in [-0.4, -0.2) is 4.57 Å². The number of allylic oxidation sites excluding steroid dienone is 3. The predicted molar refractivity (Wildman–Crippen MR) is 68.2 cm³/mol. The molecule has 3 nitrogen and oxygen atoms in total. The summed E-state index contributed by atoms with van der Waals surface area (Å²) in [6.45, 7) is 8.97. The minimum Gasteiger partial charge on any atom is -0.348 e. The largest absolute Gasteiger partial charge is 0.348 e. The third-order valence-corrected chi connectivity index (χ3v) is 2.73. The van der Waals surface area contributed by atoms with Crippen molar-refractivity contribution in [2.45, 2.75) is 20.4 Å². The topological polar surface area (TPSA) is 29.0 Å². The fraction of sp³-hybridized carbons (Fsp3) is 0.231. The van der Waals surface area contributed by atoms with Crippen molar-refractivity contribution in [3.05, 3.63) is 47.9 Å². The smallest absolute Gasteiger partial charge is 0.0634 e. The van der Waals surface area contributed by atoms with Crippen molar-refractivity contribution in [3.8, 4) is 0 Å². The molecule has 1 aliphatic heterocycles. The molecule has 0 unspecified atom stereocenters. The first-order valence-corrected chi connectivity index (χ1v) is 5.48. The molecule has 0 atom stereocenters. The quantitative estimate of drug-likeness (QED) is 0.811. The van der Waals surface area contributed by atoms with Crippen LogP contribution >= 0.6 is 0 Å². The highest BCUT2D eigenvalue weighted by molar-refractivity contribution is 5.73. The van der Waals surface area contributed by atoms with E-state index in [2.05, 4.69) is 53.3 Å². The summed E-state index contributed by atoms with van der Waals surface area (Å²) < 4.78 is 2.18. The normalized spacial score (nSPS) is 14.6. The molecule has 2 N–H and O–H groups in total. The zero-order valence-corrected chi connectivity index (χ0v) is 9.75. The number of hydrazine groups is 1. The number of aromatic nitrogens is 1. The predicted octanol–water partition coefficient (Wildman–Crippen LogP) is 2.50. The van der Waals surface area contributed by atoms with Crippen LogP contribution in [0.3, 0.4) is 0 Å². The van der Waals surface area contributed by atoms with E-state index in [1.165, 1.54) is 5.56 Å². The molecule has 16 heavy (non-hydrogen) atoms. The minimum absolute atomic E-state index is 0.955. The molecule has 0 saturated carbocycles. The molecule has 0 saturated heterocycles. The SMILES string of the molecule is C=Cc1c(C2=CC=C(C)NN2)ccn1CC. The number of rotatable bonds is 3. The second-order valence-electron chi connectivity index (χ2n) is 3.78. The number of hydrogen-bond acceptors (Lipinski definition) is 2. The summed E-state index contributed by atoms with van der Waals surface area (Å²) in [6, 6.07) is 2.11. The first-order chi connectivity index (χ1) is 7.76. The lowest BCUT2D eigenvalue weighted by atomic mass is 10.1. The zero-order chi connectivity index (χ0) is 11.5. The van der Waals surface area contributed by atoms with E-state index < -0.39 is 0 Å². The van der Waals surface area contributed by atoms with Gasteiger partial charge in [-0.15, -0.1) is 0 Å². The molecule has 2 rings (SSSR count). The van der Waals surface area contributed by atoms with Gasteiger partial charge in [-0.2, -0.15) is 0 Å². The highest BCUT2D eigenvalue weighted by Crippen LogP contribution is 2.21. The Kier molecular flexibility index (Phi) is 2.86. The number of aryl methyl sites for hydroxylation is 1. The minimum atomic E-state index is 0.955. The molecule has 0 fully saturated rings. The summed E-state index contributed by atoms with van der Waals surface area (Å²) in [6.07, 6.45) is 8.11. The van der Waals surface area contributed by atoms with Crippen molar-refractivity contribution in [3.63, 3.8) is 0 Å². The van der Waals surface area contributed by atoms with Gasteiger partial charge in [0.2, 0.25) is 0 Å². The monoisotopic (exact) mass is 215 g/mol.